The lowest BCUT2D eigenvalue weighted by molar-refractivity contribution is 0.0955. The first-order chi connectivity index (χ1) is 9.16. The number of nitrogens with zero attached hydrogens (tertiary/aromatic N) is 2. The Kier molecular flexibility index (Phi) is 4.26. The third-order valence-corrected chi connectivity index (χ3v) is 2.76. The molecule has 0 unspecified atom stereocenters. The SMILES string of the molecule is C/C(=N/NC(=O)c1ccc(Cl)cc1)c1cccnc1. The standard InChI is InChI=1S/C14H12ClN3O/c1-10(12-3-2-8-16-9-12)17-18-14(19)11-4-6-13(15)7-5-11/h2-9H,1H3,(H,18,19)/b17-10-. The molecule has 0 aliphatic rings. The summed E-state index contributed by atoms with van der Waals surface area (Å²) < 4.78 is 0. The molecule has 96 valence electrons. The first kappa shape index (κ1) is 13.2. The molecule has 0 bridgehead atoms. The van der Waals surface area contributed by atoms with Crippen LogP contribution in [0.5, 0.6) is 0 Å². The van der Waals surface area contributed by atoms with Gasteiger partial charge in [0.25, 0.3) is 5.91 Å². The number of benzene rings is 1. The summed E-state index contributed by atoms with van der Waals surface area (Å²) in [6, 6.07) is 10.3. The molecular formula is C14H12ClN3O. The predicted octanol–water partition coefficient (Wildman–Crippen LogP) is 2.89. The number of hydrogen-bond donors (Lipinski definition) is 1. The van der Waals surface area contributed by atoms with E-state index in [1.165, 1.54) is 0 Å². The summed E-state index contributed by atoms with van der Waals surface area (Å²) in [5, 5.41) is 4.63. The van der Waals surface area contributed by atoms with E-state index >= 15 is 0 Å². The third-order valence-electron chi connectivity index (χ3n) is 2.51. The van der Waals surface area contributed by atoms with Crippen LogP contribution in [0.2, 0.25) is 5.02 Å². The molecule has 0 atom stereocenters. The molecule has 2 aromatic rings. The molecule has 0 fully saturated rings. The van der Waals surface area contributed by atoms with Crippen LogP contribution in [0.15, 0.2) is 53.9 Å². The van der Waals surface area contributed by atoms with Gasteiger partial charge in [0.15, 0.2) is 0 Å². The van der Waals surface area contributed by atoms with Gasteiger partial charge in [-0.25, -0.2) is 5.43 Å². The molecule has 0 aliphatic carbocycles. The van der Waals surface area contributed by atoms with Crippen molar-refractivity contribution in [2.45, 2.75) is 6.92 Å². The van der Waals surface area contributed by atoms with Crippen LogP contribution in [0.1, 0.15) is 22.8 Å². The second kappa shape index (κ2) is 6.11. The van der Waals surface area contributed by atoms with E-state index < -0.39 is 0 Å². The van der Waals surface area contributed by atoms with Gasteiger partial charge in [-0.15, -0.1) is 0 Å². The maximum Gasteiger partial charge on any atom is 0.271 e. The second-order valence-corrected chi connectivity index (χ2v) is 4.32. The summed E-state index contributed by atoms with van der Waals surface area (Å²) in [6.45, 7) is 1.80. The highest BCUT2D eigenvalue weighted by molar-refractivity contribution is 6.30. The maximum atomic E-state index is 11.8. The average molecular weight is 274 g/mol. The van der Waals surface area contributed by atoms with Crippen LogP contribution in [-0.4, -0.2) is 16.6 Å². The number of aromatic nitrogens is 1. The Morgan fingerprint density at radius 1 is 1.21 bits per heavy atom. The molecule has 19 heavy (non-hydrogen) atoms. The fourth-order valence-electron chi connectivity index (χ4n) is 1.44. The lowest BCUT2D eigenvalue weighted by Crippen LogP contribution is -2.19. The van der Waals surface area contributed by atoms with Gasteiger partial charge in [-0.05, 0) is 37.3 Å². The van der Waals surface area contributed by atoms with E-state index in [9.17, 15) is 4.79 Å². The van der Waals surface area contributed by atoms with Gasteiger partial charge >= 0.3 is 0 Å². The summed E-state index contributed by atoms with van der Waals surface area (Å²) in [6.07, 6.45) is 3.37. The highest BCUT2D eigenvalue weighted by Gasteiger charge is 2.04. The summed E-state index contributed by atoms with van der Waals surface area (Å²) in [5.74, 6) is -0.278. The topological polar surface area (TPSA) is 54.4 Å². The Bertz CT molecular complexity index is 594. The molecule has 5 heteroatoms. The normalized spacial score (nSPS) is 11.2. The Balaban J connectivity index is 2.06. The minimum absolute atomic E-state index is 0.278. The van der Waals surface area contributed by atoms with Gasteiger partial charge in [-0.3, -0.25) is 9.78 Å². The van der Waals surface area contributed by atoms with Crippen LogP contribution in [0.4, 0.5) is 0 Å². The van der Waals surface area contributed by atoms with Crippen LogP contribution < -0.4 is 5.43 Å². The van der Waals surface area contributed by atoms with Crippen LogP contribution in [0.3, 0.4) is 0 Å². The van der Waals surface area contributed by atoms with Crippen molar-refractivity contribution in [3.8, 4) is 0 Å². The molecule has 0 saturated carbocycles. The number of carbonyl (C=O) groups is 1. The van der Waals surface area contributed by atoms with Gasteiger partial charge < -0.3 is 0 Å². The van der Waals surface area contributed by atoms with E-state index in [2.05, 4.69) is 15.5 Å². The summed E-state index contributed by atoms with van der Waals surface area (Å²) >= 11 is 5.76. The monoisotopic (exact) mass is 273 g/mol. The second-order valence-electron chi connectivity index (χ2n) is 3.89. The predicted molar refractivity (Wildman–Crippen MR) is 75.4 cm³/mol. The van der Waals surface area contributed by atoms with E-state index in [0.29, 0.717) is 16.3 Å². The van der Waals surface area contributed by atoms with Gasteiger partial charge in [0.05, 0.1) is 5.71 Å². The number of nitrogens with one attached hydrogen (secondary N) is 1. The minimum atomic E-state index is -0.278. The highest BCUT2D eigenvalue weighted by Crippen LogP contribution is 2.09. The molecule has 0 saturated heterocycles. The molecule has 0 spiro atoms. The Labute approximate surface area is 116 Å². The first-order valence-electron chi connectivity index (χ1n) is 5.67. The van der Waals surface area contributed by atoms with Crippen molar-refractivity contribution in [1.29, 1.82) is 0 Å². The van der Waals surface area contributed by atoms with Crippen molar-refractivity contribution >= 4 is 23.2 Å². The van der Waals surface area contributed by atoms with Crippen molar-refractivity contribution < 1.29 is 4.79 Å². The molecule has 1 heterocycles. The molecule has 4 nitrogen and oxygen atoms in total. The van der Waals surface area contributed by atoms with Gasteiger partial charge in [-0.1, -0.05) is 17.7 Å². The Morgan fingerprint density at radius 2 is 1.95 bits per heavy atom. The largest absolute Gasteiger partial charge is 0.271 e. The molecule has 0 aliphatic heterocycles. The van der Waals surface area contributed by atoms with E-state index in [1.54, 1.807) is 43.6 Å². The van der Waals surface area contributed by atoms with Gasteiger partial charge in [0.1, 0.15) is 0 Å². The number of hydrogen-bond acceptors (Lipinski definition) is 3. The minimum Gasteiger partial charge on any atom is -0.267 e. The van der Waals surface area contributed by atoms with E-state index in [1.807, 2.05) is 12.1 Å². The van der Waals surface area contributed by atoms with Crippen molar-refractivity contribution in [3.05, 3.63) is 64.9 Å². The van der Waals surface area contributed by atoms with Crippen LogP contribution in [0.25, 0.3) is 0 Å². The van der Waals surface area contributed by atoms with Gasteiger partial charge in [0, 0.05) is 28.5 Å². The number of pyridine rings is 1. The molecule has 1 N–H and O–H groups in total. The maximum absolute atomic E-state index is 11.8. The summed E-state index contributed by atoms with van der Waals surface area (Å²) in [5.41, 5.74) is 4.55. The Hall–Kier alpha value is -2.20. The highest BCUT2D eigenvalue weighted by atomic mass is 35.5. The van der Waals surface area contributed by atoms with Crippen LogP contribution in [-0.2, 0) is 0 Å². The zero-order valence-corrected chi connectivity index (χ0v) is 11.1. The van der Waals surface area contributed by atoms with Crippen molar-refractivity contribution in [2.24, 2.45) is 5.10 Å². The molecule has 1 aromatic heterocycles. The van der Waals surface area contributed by atoms with Crippen molar-refractivity contribution in [2.75, 3.05) is 0 Å². The average Bonchev–Trinajstić information content (AvgIpc) is 2.46. The van der Waals surface area contributed by atoms with Crippen LogP contribution in [0, 0.1) is 0 Å². The Morgan fingerprint density at radius 3 is 2.58 bits per heavy atom. The molecule has 1 aromatic carbocycles. The van der Waals surface area contributed by atoms with E-state index in [-0.39, 0.29) is 5.91 Å². The molecule has 2 rings (SSSR count). The quantitative estimate of drug-likeness (QED) is 0.690. The zero-order valence-electron chi connectivity index (χ0n) is 10.3. The molecular weight excluding hydrogens is 262 g/mol. The number of hydrazone groups is 1. The van der Waals surface area contributed by atoms with Crippen LogP contribution >= 0.6 is 11.6 Å². The number of carbonyl (C=O) groups excluding carboxylic acids is 1. The summed E-state index contributed by atoms with van der Waals surface area (Å²) in [4.78, 5) is 15.8. The molecule has 1 amide bonds. The number of halogens is 1. The fraction of sp³-hybridized carbons (Fsp3) is 0.0714. The van der Waals surface area contributed by atoms with E-state index in [0.717, 1.165) is 5.56 Å². The summed E-state index contributed by atoms with van der Waals surface area (Å²) in [7, 11) is 0. The van der Waals surface area contributed by atoms with E-state index in [4.69, 9.17) is 11.6 Å². The lowest BCUT2D eigenvalue weighted by Gasteiger charge is -2.02. The van der Waals surface area contributed by atoms with Crippen molar-refractivity contribution in [1.82, 2.24) is 10.4 Å². The zero-order chi connectivity index (χ0) is 13.7. The first-order valence-corrected chi connectivity index (χ1v) is 6.05. The lowest BCUT2D eigenvalue weighted by atomic mass is 10.2. The fourth-order valence-corrected chi connectivity index (χ4v) is 1.57. The third kappa shape index (κ3) is 3.63. The smallest absolute Gasteiger partial charge is 0.267 e. The molecule has 0 radical (unpaired) electrons. The van der Waals surface area contributed by atoms with Gasteiger partial charge in [-0.2, -0.15) is 5.10 Å². The van der Waals surface area contributed by atoms with Gasteiger partial charge in [0.2, 0.25) is 0 Å². The number of amides is 1. The van der Waals surface area contributed by atoms with Crippen molar-refractivity contribution in [3.63, 3.8) is 0 Å². The number of rotatable bonds is 3.